The number of nitrogens with zero attached hydrogens (tertiary/aromatic N) is 1. The van der Waals surface area contributed by atoms with Gasteiger partial charge in [-0.15, -0.1) is 0 Å². The van der Waals surface area contributed by atoms with E-state index in [0.29, 0.717) is 12.3 Å². The molecule has 1 amide bonds. The topological polar surface area (TPSA) is 41.6 Å². The lowest BCUT2D eigenvalue weighted by molar-refractivity contribution is -0.130. The van der Waals surface area contributed by atoms with Gasteiger partial charge in [0, 0.05) is 19.6 Å². The Morgan fingerprint density at radius 3 is 2.71 bits per heavy atom. The van der Waals surface area contributed by atoms with Crippen molar-refractivity contribution in [2.24, 2.45) is 5.92 Å². The predicted octanol–water partition coefficient (Wildman–Crippen LogP) is 2.09. The minimum absolute atomic E-state index is 0.217. The lowest BCUT2D eigenvalue weighted by atomic mass is 10.1. The van der Waals surface area contributed by atoms with Crippen LogP contribution in [0.5, 0.6) is 5.75 Å². The summed E-state index contributed by atoms with van der Waals surface area (Å²) in [5, 5.41) is 3.32. The summed E-state index contributed by atoms with van der Waals surface area (Å²) >= 11 is 0. The molecule has 0 atom stereocenters. The van der Waals surface area contributed by atoms with Gasteiger partial charge >= 0.3 is 0 Å². The van der Waals surface area contributed by atoms with Crippen molar-refractivity contribution in [2.45, 2.75) is 26.7 Å². The van der Waals surface area contributed by atoms with Crippen molar-refractivity contribution in [3.63, 3.8) is 0 Å². The zero-order valence-corrected chi connectivity index (χ0v) is 13.1. The van der Waals surface area contributed by atoms with Crippen LogP contribution in [0.2, 0.25) is 0 Å². The predicted molar refractivity (Wildman–Crippen MR) is 84.5 cm³/mol. The lowest BCUT2D eigenvalue weighted by Gasteiger charge is -2.20. The Morgan fingerprint density at radius 2 is 2.00 bits per heavy atom. The van der Waals surface area contributed by atoms with E-state index in [4.69, 9.17) is 4.74 Å². The summed E-state index contributed by atoms with van der Waals surface area (Å²) in [6.45, 7) is 8.56. The second-order valence-electron chi connectivity index (χ2n) is 6.01. The second kappa shape index (κ2) is 8.03. The molecule has 1 aromatic carbocycles. The van der Waals surface area contributed by atoms with Crippen molar-refractivity contribution in [2.75, 3.05) is 32.8 Å². The first-order valence-electron chi connectivity index (χ1n) is 7.85. The Hall–Kier alpha value is -1.55. The molecule has 0 aliphatic carbocycles. The molecule has 1 aliphatic rings. The number of hydrogen-bond acceptors (Lipinski definition) is 3. The monoisotopic (exact) mass is 290 g/mol. The number of ether oxygens (including phenoxy) is 1. The average molecular weight is 290 g/mol. The summed E-state index contributed by atoms with van der Waals surface area (Å²) < 4.78 is 5.66. The highest BCUT2D eigenvalue weighted by molar-refractivity contribution is 5.78. The minimum atomic E-state index is 0.217. The third-order valence-electron chi connectivity index (χ3n) is 3.55. The maximum absolute atomic E-state index is 12.3. The molecule has 1 saturated heterocycles. The standard InChI is InChI=1S/C17H26N2O2/c1-14(2)13-21-16-6-4-15(5-7-16)12-17(20)19-10-3-8-18-9-11-19/h4-7,14,18H,3,8-13H2,1-2H3. The van der Waals surface area contributed by atoms with E-state index >= 15 is 0 Å². The molecule has 0 bridgehead atoms. The maximum atomic E-state index is 12.3. The highest BCUT2D eigenvalue weighted by Crippen LogP contribution is 2.14. The number of benzene rings is 1. The Balaban J connectivity index is 1.85. The van der Waals surface area contributed by atoms with Gasteiger partial charge in [-0.25, -0.2) is 0 Å². The number of amides is 1. The van der Waals surface area contributed by atoms with E-state index in [2.05, 4.69) is 19.2 Å². The lowest BCUT2D eigenvalue weighted by Crippen LogP contribution is -2.35. The summed E-state index contributed by atoms with van der Waals surface area (Å²) in [7, 11) is 0. The zero-order chi connectivity index (χ0) is 15.1. The van der Waals surface area contributed by atoms with Crippen LogP contribution in [0, 0.1) is 5.92 Å². The van der Waals surface area contributed by atoms with E-state index in [1.165, 1.54) is 0 Å². The Labute approximate surface area is 127 Å². The van der Waals surface area contributed by atoms with Crippen molar-refractivity contribution in [1.29, 1.82) is 0 Å². The largest absolute Gasteiger partial charge is 0.493 e. The van der Waals surface area contributed by atoms with Crippen LogP contribution in [-0.4, -0.2) is 43.6 Å². The highest BCUT2D eigenvalue weighted by Gasteiger charge is 2.15. The molecule has 4 heteroatoms. The van der Waals surface area contributed by atoms with Crippen LogP contribution >= 0.6 is 0 Å². The van der Waals surface area contributed by atoms with E-state index in [1.54, 1.807) is 0 Å². The summed E-state index contributed by atoms with van der Waals surface area (Å²) in [6.07, 6.45) is 1.51. The number of carbonyl (C=O) groups excluding carboxylic acids is 1. The van der Waals surface area contributed by atoms with E-state index in [9.17, 15) is 4.79 Å². The average Bonchev–Trinajstić information content (AvgIpc) is 2.75. The van der Waals surface area contributed by atoms with Crippen LogP contribution in [0.3, 0.4) is 0 Å². The second-order valence-corrected chi connectivity index (χ2v) is 6.01. The molecular formula is C17H26N2O2. The van der Waals surface area contributed by atoms with E-state index < -0.39 is 0 Å². The zero-order valence-electron chi connectivity index (χ0n) is 13.1. The maximum Gasteiger partial charge on any atom is 0.227 e. The van der Waals surface area contributed by atoms with Crippen LogP contribution in [-0.2, 0) is 11.2 Å². The number of nitrogens with one attached hydrogen (secondary N) is 1. The fraction of sp³-hybridized carbons (Fsp3) is 0.588. The number of carbonyl (C=O) groups is 1. The fourth-order valence-corrected chi connectivity index (χ4v) is 2.35. The molecular weight excluding hydrogens is 264 g/mol. The van der Waals surface area contributed by atoms with Gasteiger partial charge < -0.3 is 15.0 Å². The molecule has 2 rings (SSSR count). The van der Waals surface area contributed by atoms with E-state index in [1.807, 2.05) is 29.2 Å². The molecule has 1 heterocycles. The Kier molecular flexibility index (Phi) is 6.05. The van der Waals surface area contributed by atoms with Gasteiger partial charge in [-0.05, 0) is 36.6 Å². The van der Waals surface area contributed by atoms with Gasteiger partial charge in [0.25, 0.3) is 0 Å². The van der Waals surface area contributed by atoms with Crippen LogP contribution in [0.25, 0.3) is 0 Å². The van der Waals surface area contributed by atoms with Crippen molar-refractivity contribution >= 4 is 5.91 Å². The molecule has 4 nitrogen and oxygen atoms in total. The summed E-state index contributed by atoms with van der Waals surface area (Å²) in [4.78, 5) is 14.2. The third-order valence-corrected chi connectivity index (χ3v) is 3.55. The molecule has 21 heavy (non-hydrogen) atoms. The van der Waals surface area contributed by atoms with Crippen LogP contribution in [0.15, 0.2) is 24.3 Å². The first-order chi connectivity index (χ1) is 10.1. The molecule has 1 fully saturated rings. The minimum Gasteiger partial charge on any atom is -0.493 e. The fourth-order valence-electron chi connectivity index (χ4n) is 2.35. The van der Waals surface area contributed by atoms with Crippen molar-refractivity contribution < 1.29 is 9.53 Å². The smallest absolute Gasteiger partial charge is 0.227 e. The van der Waals surface area contributed by atoms with Gasteiger partial charge in [0.2, 0.25) is 5.91 Å². The quantitative estimate of drug-likeness (QED) is 0.903. The molecule has 0 unspecified atom stereocenters. The molecule has 116 valence electrons. The molecule has 0 saturated carbocycles. The number of rotatable bonds is 5. The van der Waals surface area contributed by atoms with Crippen molar-refractivity contribution in [1.82, 2.24) is 10.2 Å². The highest BCUT2D eigenvalue weighted by atomic mass is 16.5. The van der Waals surface area contributed by atoms with Gasteiger partial charge in [0.05, 0.1) is 13.0 Å². The van der Waals surface area contributed by atoms with Gasteiger partial charge in [0.1, 0.15) is 5.75 Å². The van der Waals surface area contributed by atoms with Crippen LogP contribution in [0.1, 0.15) is 25.8 Å². The van der Waals surface area contributed by atoms with Gasteiger partial charge in [0.15, 0.2) is 0 Å². The normalized spacial score (nSPS) is 15.9. The summed E-state index contributed by atoms with van der Waals surface area (Å²) in [6, 6.07) is 7.89. The first-order valence-corrected chi connectivity index (χ1v) is 7.85. The first kappa shape index (κ1) is 15.8. The Morgan fingerprint density at radius 1 is 1.24 bits per heavy atom. The van der Waals surface area contributed by atoms with E-state index in [-0.39, 0.29) is 5.91 Å². The van der Waals surface area contributed by atoms with Crippen molar-refractivity contribution in [3.05, 3.63) is 29.8 Å². The molecule has 1 N–H and O–H groups in total. The molecule has 0 spiro atoms. The van der Waals surface area contributed by atoms with Gasteiger partial charge in [-0.2, -0.15) is 0 Å². The third kappa shape index (κ3) is 5.38. The molecule has 1 aliphatic heterocycles. The van der Waals surface area contributed by atoms with Crippen LogP contribution in [0.4, 0.5) is 0 Å². The van der Waals surface area contributed by atoms with Gasteiger partial charge in [-0.3, -0.25) is 4.79 Å². The molecule has 0 radical (unpaired) electrons. The molecule has 0 aromatic heterocycles. The van der Waals surface area contributed by atoms with Crippen LogP contribution < -0.4 is 10.1 Å². The Bertz CT molecular complexity index is 435. The SMILES string of the molecule is CC(C)COc1ccc(CC(=O)N2CCCNCC2)cc1. The van der Waals surface area contributed by atoms with E-state index in [0.717, 1.165) is 50.5 Å². The van der Waals surface area contributed by atoms with Gasteiger partial charge in [-0.1, -0.05) is 26.0 Å². The van der Waals surface area contributed by atoms with Crippen molar-refractivity contribution in [3.8, 4) is 5.75 Å². The summed E-state index contributed by atoms with van der Waals surface area (Å²) in [5.41, 5.74) is 1.05. The molecule has 1 aromatic rings. The summed E-state index contributed by atoms with van der Waals surface area (Å²) in [5.74, 6) is 1.61. The number of hydrogen-bond donors (Lipinski definition) is 1.